The number of carbonyl (C=O) groups excluding carboxylic acids is 1. The van der Waals surface area contributed by atoms with E-state index in [1.165, 1.54) is 19.3 Å². The minimum Gasteiger partial charge on any atom is -0.298 e. The van der Waals surface area contributed by atoms with Crippen molar-refractivity contribution in [1.82, 2.24) is 0 Å². The van der Waals surface area contributed by atoms with E-state index >= 15 is 4.39 Å². The molecule has 120 valence electrons. The van der Waals surface area contributed by atoms with E-state index in [2.05, 4.69) is 13.8 Å². The molecule has 21 heavy (non-hydrogen) atoms. The summed E-state index contributed by atoms with van der Waals surface area (Å²) in [6.45, 7) is 4.44. The van der Waals surface area contributed by atoms with E-state index in [1.54, 1.807) is 0 Å². The van der Waals surface area contributed by atoms with Crippen LogP contribution in [0.3, 0.4) is 0 Å². The third-order valence-corrected chi connectivity index (χ3v) is 7.14. The zero-order valence-electron chi connectivity index (χ0n) is 13.8. The van der Waals surface area contributed by atoms with Crippen LogP contribution in [0.15, 0.2) is 0 Å². The van der Waals surface area contributed by atoms with Gasteiger partial charge in [-0.3, -0.25) is 4.79 Å². The number of Topliss-reactive ketones (excluding diaryl/α,β-unsaturated/α-hetero) is 1. The van der Waals surface area contributed by atoms with E-state index in [-0.39, 0.29) is 0 Å². The zero-order chi connectivity index (χ0) is 15.1. The lowest BCUT2D eigenvalue weighted by atomic mass is 9.42. The molecule has 0 N–H and O–H groups in total. The average Bonchev–Trinajstić information content (AvgIpc) is 2.55. The molecule has 2 spiro atoms. The molecule has 0 radical (unpaired) electrons. The van der Waals surface area contributed by atoms with Crippen molar-refractivity contribution in [1.29, 1.82) is 0 Å². The third-order valence-electron chi connectivity index (χ3n) is 7.14. The molecule has 0 aliphatic heterocycles. The van der Waals surface area contributed by atoms with Crippen molar-refractivity contribution in [3.63, 3.8) is 0 Å². The van der Waals surface area contributed by atoms with E-state index in [0.717, 1.165) is 63.2 Å². The van der Waals surface area contributed by atoms with Crippen LogP contribution in [0.25, 0.3) is 0 Å². The summed E-state index contributed by atoms with van der Waals surface area (Å²) >= 11 is 0. The molecular formula is C19H31FO. The largest absolute Gasteiger partial charge is 0.298 e. The maximum atomic E-state index is 15.2. The molecule has 0 aromatic heterocycles. The number of rotatable bonds is 3. The fraction of sp³-hybridized carbons (Fsp3) is 0.947. The molecule has 3 fully saturated rings. The Morgan fingerprint density at radius 3 is 1.81 bits per heavy atom. The van der Waals surface area contributed by atoms with E-state index in [0.29, 0.717) is 5.78 Å². The van der Waals surface area contributed by atoms with Gasteiger partial charge in [0, 0.05) is 0 Å². The maximum Gasteiger partial charge on any atom is 0.151 e. The van der Waals surface area contributed by atoms with Gasteiger partial charge in [-0.15, -0.1) is 0 Å². The van der Waals surface area contributed by atoms with E-state index in [9.17, 15) is 4.79 Å². The Morgan fingerprint density at radius 2 is 1.43 bits per heavy atom. The highest BCUT2D eigenvalue weighted by atomic mass is 19.1. The molecule has 2 heteroatoms. The van der Waals surface area contributed by atoms with Crippen LogP contribution >= 0.6 is 0 Å². The summed E-state index contributed by atoms with van der Waals surface area (Å²) in [5.74, 6) is 1.80. The van der Waals surface area contributed by atoms with Gasteiger partial charge in [0.1, 0.15) is 6.17 Å². The minimum absolute atomic E-state index is 0.326. The van der Waals surface area contributed by atoms with Gasteiger partial charge in [-0.05, 0) is 63.2 Å². The van der Waals surface area contributed by atoms with Gasteiger partial charge in [0.25, 0.3) is 0 Å². The van der Waals surface area contributed by atoms with Crippen LogP contribution in [-0.4, -0.2) is 12.0 Å². The second-order valence-corrected chi connectivity index (χ2v) is 8.09. The Hall–Kier alpha value is -0.400. The molecule has 0 saturated heterocycles. The van der Waals surface area contributed by atoms with Crippen LogP contribution < -0.4 is 0 Å². The van der Waals surface area contributed by atoms with Crippen molar-refractivity contribution in [3.8, 4) is 0 Å². The molecule has 3 aliphatic rings. The molecule has 0 unspecified atom stereocenters. The van der Waals surface area contributed by atoms with Gasteiger partial charge in [-0.25, -0.2) is 4.39 Å². The van der Waals surface area contributed by atoms with E-state index in [4.69, 9.17) is 0 Å². The first-order valence-corrected chi connectivity index (χ1v) is 9.28. The van der Waals surface area contributed by atoms with Crippen LogP contribution in [-0.2, 0) is 4.79 Å². The quantitative estimate of drug-likeness (QED) is 0.674. The smallest absolute Gasteiger partial charge is 0.151 e. The number of ketones is 1. The molecular weight excluding hydrogens is 263 g/mol. The van der Waals surface area contributed by atoms with Crippen molar-refractivity contribution in [2.75, 3.05) is 0 Å². The highest BCUT2D eigenvalue weighted by Crippen LogP contribution is 2.65. The first-order valence-electron chi connectivity index (χ1n) is 9.28. The first-order chi connectivity index (χ1) is 10.1. The van der Waals surface area contributed by atoms with Gasteiger partial charge >= 0.3 is 0 Å². The van der Waals surface area contributed by atoms with Crippen LogP contribution in [0.2, 0.25) is 0 Å². The molecule has 0 amide bonds. The van der Waals surface area contributed by atoms with Crippen molar-refractivity contribution in [2.45, 2.75) is 90.6 Å². The normalized spacial score (nSPS) is 46.8. The summed E-state index contributed by atoms with van der Waals surface area (Å²) in [5, 5.41) is 0. The predicted molar refractivity (Wildman–Crippen MR) is 83.9 cm³/mol. The van der Waals surface area contributed by atoms with Crippen molar-refractivity contribution < 1.29 is 9.18 Å². The van der Waals surface area contributed by atoms with Crippen LogP contribution in [0.5, 0.6) is 0 Å². The molecule has 0 bridgehead atoms. The lowest BCUT2D eigenvalue weighted by Crippen LogP contribution is -2.69. The third kappa shape index (κ3) is 2.19. The van der Waals surface area contributed by atoms with Gasteiger partial charge in [0.15, 0.2) is 5.78 Å². The summed E-state index contributed by atoms with van der Waals surface area (Å²) in [7, 11) is 0. The average molecular weight is 294 g/mol. The molecule has 0 heterocycles. The first kappa shape index (κ1) is 15.5. The molecule has 1 nitrogen and oxygen atoms in total. The highest BCUT2D eigenvalue weighted by molar-refractivity contribution is 5.98. The Labute approximate surface area is 129 Å². The fourth-order valence-corrected chi connectivity index (χ4v) is 5.63. The maximum absolute atomic E-state index is 15.2. The second-order valence-electron chi connectivity index (χ2n) is 8.09. The Bertz CT molecular complexity index is 386. The van der Waals surface area contributed by atoms with E-state index in [1.807, 2.05) is 0 Å². The fourth-order valence-electron chi connectivity index (χ4n) is 5.63. The Kier molecular flexibility index (Phi) is 4.18. The van der Waals surface area contributed by atoms with Gasteiger partial charge in [0.05, 0.1) is 10.8 Å². The number of alkyl halides is 1. The molecule has 0 aromatic rings. The molecule has 3 aliphatic carbocycles. The highest BCUT2D eigenvalue weighted by Gasteiger charge is 2.71. The lowest BCUT2D eigenvalue weighted by molar-refractivity contribution is -0.193. The summed E-state index contributed by atoms with van der Waals surface area (Å²) in [5.41, 5.74) is -1.10. The van der Waals surface area contributed by atoms with Crippen molar-refractivity contribution >= 4 is 5.78 Å². The second kappa shape index (κ2) is 5.66. The number of hydrogen-bond acceptors (Lipinski definition) is 1. The molecule has 0 aromatic carbocycles. The molecule has 3 saturated carbocycles. The van der Waals surface area contributed by atoms with Crippen LogP contribution in [0.4, 0.5) is 4.39 Å². The SMILES string of the molecule is CCCC1CC[C@]2(CC1)C(=O)[C@@]1(CCC(CC)CC1)[C@H]2F. The van der Waals surface area contributed by atoms with Crippen molar-refractivity contribution in [2.24, 2.45) is 22.7 Å². The monoisotopic (exact) mass is 294 g/mol. The summed E-state index contributed by atoms with van der Waals surface area (Å²) in [6.07, 6.45) is 10.4. The summed E-state index contributed by atoms with van der Waals surface area (Å²) < 4.78 is 15.2. The van der Waals surface area contributed by atoms with E-state index < -0.39 is 17.0 Å². The molecule has 1 atom stereocenters. The lowest BCUT2D eigenvalue weighted by Gasteiger charge is -2.61. The summed E-state index contributed by atoms with van der Waals surface area (Å²) in [4.78, 5) is 12.9. The topological polar surface area (TPSA) is 17.1 Å². The standard InChI is InChI=1S/C19H31FO/c1-3-5-15-8-12-19(13-9-15)16(20)18(17(19)21)10-6-14(4-2)7-11-18/h14-16H,3-13H2,1-2H3/t14?,15?,16-,18-,19-/m1/s1. The minimum atomic E-state index is -0.835. The summed E-state index contributed by atoms with van der Waals surface area (Å²) in [6, 6.07) is 0. The number of carbonyl (C=O) groups is 1. The van der Waals surface area contributed by atoms with Crippen LogP contribution in [0.1, 0.15) is 84.5 Å². The Morgan fingerprint density at radius 1 is 0.952 bits per heavy atom. The predicted octanol–water partition coefficient (Wildman–Crippen LogP) is 5.47. The van der Waals surface area contributed by atoms with Crippen LogP contribution in [0, 0.1) is 22.7 Å². The Balaban J connectivity index is 1.65. The van der Waals surface area contributed by atoms with Crippen molar-refractivity contribution in [3.05, 3.63) is 0 Å². The molecule has 3 rings (SSSR count). The van der Waals surface area contributed by atoms with Gasteiger partial charge in [-0.2, -0.15) is 0 Å². The zero-order valence-corrected chi connectivity index (χ0v) is 13.8. The van der Waals surface area contributed by atoms with Gasteiger partial charge < -0.3 is 0 Å². The number of halogens is 1. The van der Waals surface area contributed by atoms with Gasteiger partial charge in [0.2, 0.25) is 0 Å². The van der Waals surface area contributed by atoms with Gasteiger partial charge in [-0.1, -0.05) is 33.1 Å². The number of hydrogen-bond donors (Lipinski definition) is 0.